The van der Waals surface area contributed by atoms with E-state index in [0.717, 1.165) is 16.6 Å². The highest BCUT2D eigenvalue weighted by atomic mass is 15.3. The fourth-order valence-corrected chi connectivity index (χ4v) is 2.88. The minimum atomic E-state index is 0.639. The number of benzene rings is 2. The molecule has 0 aliphatic rings. The summed E-state index contributed by atoms with van der Waals surface area (Å²) >= 11 is 0. The van der Waals surface area contributed by atoms with Crippen LogP contribution < -0.4 is 5.43 Å². The second-order valence-electron chi connectivity index (χ2n) is 5.55. The number of nitrogens with zero attached hydrogens (tertiary/aromatic N) is 3. The molecule has 5 nitrogen and oxygen atoms in total. The van der Waals surface area contributed by atoms with Gasteiger partial charge in [0.25, 0.3) is 0 Å². The molecule has 0 atom stereocenters. The Morgan fingerprint density at radius 2 is 1.91 bits per heavy atom. The number of anilines is 1. The van der Waals surface area contributed by atoms with Gasteiger partial charge in [-0.25, -0.2) is 10.4 Å². The maximum Gasteiger partial charge on any atom is 0.222 e. The van der Waals surface area contributed by atoms with Crippen molar-refractivity contribution < 1.29 is 0 Å². The molecular weight excluding hydrogens is 286 g/mol. The summed E-state index contributed by atoms with van der Waals surface area (Å²) in [6.07, 6.45) is 1.85. The molecule has 2 N–H and O–H groups in total. The van der Waals surface area contributed by atoms with E-state index in [1.807, 2.05) is 36.5 Å². The van der Waals surface area contributed by atoms with Crippen LogP contribution in [-0.4, -0.2) is 20.7 Å². The molecule has 2 aromatic heterocycles. The SMILES string of the molecule is Cc1c(C=NNc2nc3ccccc3[nH]2)c2ccccc2n1C. The molecule has 23 heavy (non-hydrogen) atoms. The van der Waals surface area contributed by atoms with Crippen molar-refractivity contribution in [3.8, 4) is 0 Å². The smallest absolute Gasteiger partial charge is 0.222 e. The largest absolute Gasteiger partial charge is 0.347 e. The molecule has 114 valence electrons. The third-order valence-electron chi connectivity index (χ3n) is 4.20. The average molecular weight is 303 g/mol. The summed E-state index contributed by atoms with van der Waals surface area (Å²) in [4.78, 5) is 7.65. The van der Waals surface area contributed by atoms with Crippen LogP contribution in [0.5, 0.6) is 0 Å². The van der Waals surface area contributed by atoms with Crippen LogP contribution in [0.1, 0.15) is 11.3 Å². The minimum absolute atomic E-state index is 0.639. The van der Waals surface area contributed by atoms with E-state index in [9.17, 15) is 0 Å². The molecule has 0 unspecified atom stereocenters. The Kier molecular flexibility index (Phi) is 3.12. The molecule has 0 fully saturated rings. The highest BCUT2D eigenvalue weighted by molar-refractivity contribution is 6.01. The van der Waals surface area contributed by atoms with Gasteiger partial charge in [-0.2, -0.15) is 5.10 Å². The van der Waals surface area contributed by atoms with Crippen LogP contribution in [0.3, 0.4) is 0 Å². The van der Waals surface area contributed by atoms with E-state index in [0.29, 0.717) is 5.95 Å². The second kappa shape index (κ2) is 5.28. The van der Waals surface area contributed by atoms with Gasteiger partial charge in [0.1, 0.15) is 0 Å². The summed E-state index contributed by atoms with van der Waals surface area (Å²) in [5.41, 5.74) is 8.40. The molecule has 0 saturated heterocycles. The Morgan fingerprint density at radius 3 is 2.78 bits per heavy atom. The van der Waals surface area contributed by atoms with Crippen LogP contribution in [0.25, 0.3) is 21.9 Å². The van der Waals surface area contributed by atoms with Crippen LogP contribution in [0.15, 0.2) is 53.6 Å². The Labute approximate surface area is 133 Å². The first-order chi connectivity index (χ1) is 11.2. The molecule has 2 aromatic carbocycles. The fourth-order valence-electron chi connectivity index (χ4n) is 2.88. The van der Waals surface area contributed by atoms with E-state index < -0.39 is 0 Å². The summed E-state index contributed by atoms with van der Waals surface area (Å²) in [5.74, 6) is 0.639. The zero-order valence-corrected chi connectivity index (χ0v) is 13.0. The summed E-state index contributed by atoms with van der Waals surface area (Å²) in [6.45, 7) is 2.10. The number of hydrogen-bond donors (Lipinski definition) is 2. The number of imidazole rings is 1. The standard InChI is InChI=1S/C18H17N5/c1-12-14(13-7-3-6-10-17(13)23(12)2)11-19-22-18-20-15-8-4-5-9-16(15)21-18/h3-11H,1-2H3,(H2,20,21,22). The van der Waals surface area contributed by atoms with Gasteiger partial charge in [-0.05, 0) is 25.1 Å². The van der Waals surface area contributed by atoms with Crippen molar-refractivity contribution in [2.24, 2.45) is 12.1 Å². The lowest BCUT2D eigenvalue weighted by atomic mass is 10.1. The maximum atomic E-state index is 4.45. The van der Waals surface area contributed by atoms with Crippen LogP contribution in [0.2, 0.25) is 0 Å². The fraction of sp³-hybridized carbons (Fsp3) is 0.111. The topological polar surface area (TPSA) is 58.0 Å². The van der Waals surface area contributed by atoms with Gasteiger partial charge in [0, 0.05) is 29.2 Å². The highest BCUT2D eigenvalue weighted by Gasteiger charge is 2.09. The van der Waals surface area contributed by atoms with Gasteiger partial charge in [0.05, 0.1) is 17.2 Å². The van der Waals surface area contributed by atoms with Gasteiger partial charge >= 0.3 is 0 Å². The molecule has 0 bridgehead atoms. The predicted molar refractivity (Wildman–Crippen MR) is 95.0 cm³/mol. The maximum absolute atomic E-state index is 4.45. The predicted octanol–water partition coefficient (Wildman–Crippen LogP) is 3.81. The molecule has 0 aliphatic heterocycles. The lowest BCUT2D eigenvalue weighted by Crippen LogP contribution is -1.95. The van der Waals surface area contributed by atoms with E-state index >= 15 is 0 Å². The summed E-state index contributed by atoms with van der Waals surface area (Å²) < 4.78 is 2.18. The monoisotopic (exact) mass is 303 g/mol. The van der Waals surface area contributed by atoms with Crippen LogP contribution in [-0.2, 0) is 7.05 Å². The molecule has 0 radical (unpaired) electrons. The molecule has 4 aromatic rings. The van der Waals surface area contributed by atoms with Crippen molar-refractivity contribution >= 4 is 34.1 Å². The van der Waals surface area contributed by atoms with Crippen molar-refractivity contribution in [1.82, 2.24) is 14.5 Å². The number of rotatable bonds is 3. The zero-order chi connectivity index (χ0) is 15.8. The highest BCUT2D eigenvalue weighted by Crippen LogP contribution is 2.23. The first kappa shape index (κ1) is 13.6. The quantitative estimate of drug-likeness (QED) is 0.446. The minimum Gasteiger partial charge on any atom is -0.347 e. The number of aromatic nitrogens is 3. The van der Waals surface area contributed by atoms with E-state index in [-0.39, 0.29) is 0 Å². The lowest BCUT2D eigenvalue weighted by molar-refractivity contribution is 0.916. The molecule has 0 amide bonds. The van der Waals surface area contributed by atoms with E-state index in [4.69, 9.17) is 0 Å². The normalized spacial score (nSPS) is 11.7. The van der Waals surface area contributed by atoms with Crippen molar-refractivity contribution in [2.45, 2.75) is 6.92 Å². The van der Waals surface area contributed by atoms with Gasteiger partial charge in [0.15, 0.2) is 0 Å². The molecule has 0 spiro atoms. The molecule has 0 aliphatic carbocycles. The van der Waals surface area contributed by atoms with Crippen molar-refractivity contribution in [2.75, 3.05) is 5.43 Å². The molecule has 4 rings (SSSR count). The molecule has 2 heterocycles. The molecule has 5 heteroatoms. The van der Waals surface area contributed by atoms with Crippen molar-refractivity contribution in [3.63, 3.8) is 0 Å². The number of aryl methyl sites for hydroxylation is 1. The van der Waals surface area contributed by atoms with Gasteiger partial charge in [-0.3, -0.25) is 0 Å². The Bertz CT molecular complexity index is 989. The van der Waals surface area contributed by atoms with Gasteiger partial charge in [0.2, 0.25) is 5.95 Å². The van der Waals surface area contributed by atoms with Crippen LogP contribution in [0, 0.1) is 6.92 Å². The number of hydrogen-bond acceptors (Lipinski definition) is 3. The van der Waals surface area contributed by atoms with Crippen molar-refractivity contribution in [3.05, 3.63) is 59.8 Å². The van der Waals surface area contributed by atoms with Crippen molar-refractivity contribution in [1.29, 1.82) is 0 Å². The third kappa shape index (κ3) is 2.26. The first-order valence-corrected chi connectivity index (χ1v) is 7.52. The van der Waals surface area contributed by atoms with Gasteiger partial charge in [-0.15, -0.1) is 0 Å². The van der Waals surface area contributed by atoms with Gasteiger partial charge < -0.3 is 9.55 Å². The first-order valence-electron chi connectivity index (χ1n) is 7.52. The van der Waals surface area contributed by atoms with Crippen LogP contribution >= 0.6 is 0 Å². The summed E-state index contributed by atoms with van der Waals surface area (Å²) in [5, 5.41) is 5.55. The van der Waals surface area contributed by atoms with Gasteiger partial charge in [-0.1, -0.05) is 30.3 Å². The molecular formula is C18H17N5. The number of para-hydroxylation sites is 3. The number of fused-ring (bicyclic) bond motifs is 2. The second-order valence-corrected chi connectivity index (χ2v) is 5.55. The Morgan fingerprint density at radius 1 is 1.13 bits per heavy atom. The zero-order valence-electron chi connectivity index (χ0n) is 13.0. The third-order valence-corrected chi connectivity index (χ3v) is 4.20. The number of H-pyrrole nitrogens is 1. The Hall–Kier alpha value is -3.08. The number of aromatic amines is 1. The summed E-state index contributed by atoms with van der Waals surface area (Å²) in [6, 6.07) is 16.2. The number of hydrazone groups is 1. The molecule has 0 saturated carbocycles. The van der Waals surface area contributed by atoms with E-state index in [1.165, 1.54) is 16.6 Å². The number of nitrogens with one attached hydrogen (secondary N) is 2. The summed E-state index contributed by atoms with van der Waals surface area (Å²) in [7, 11) is 2.07. The van der Waals surface area contributed by atoms with E-state index in [1.54, 1.807) is 0 Å². The Balaban J connectivity index is 1.65. The van der Waals surface area contributed by atoms with E-state index in [2.05, 4.69) is 57.2 Å². The van der Waals surface area contributed by atoms with Crippen LogP contribution in [0.4, 0.5) is 5.95 Å². The lowest BCUT2D eigenvalue weighted by Gasteiger charge is -1.97. The average Bonchev–Trinajstić information content (AvgIpc) is 3.09.